The van der Waals surface area contributed by atoms with Crippen LogP contribution in [-0.4, -0.2) is 55.0 Å². The Kier molecular flexibility index (Phi) is 7.90. The van der Waals surface area contributed by atoms with Crippen molar-refractivity contribution in [2.24, 2.45) is 5.92 Å². The third-order valence-electron chi connectivity index (χ3n) is 6.80. The topological polar surface area (TPSA) is 99.2 Å². The number of carbonyl (C=O) groups excluding carboxylic acids is 4. The summed E-state index contributed by atoms with van der Waals surface area (Å²) in [4.78, 5) is 53.9. The van der Waals surface area contributed by atoms with E-state index in [1.165, 1.54) is 26.0 Å². The molecule has 0 spiro atoms. The van der Waals surface area contributed by atoms with Crippen molar-refractivity contribution in [3.05, 3.63) is 108 Å². The Morgan fingerprint density at radius 3 is 1.76 bits per heavy atom. The Hall–Kier alpha value is -4.46. The second kappa shape index (κ2) is 11.3. The summed E-state index contributed by atoms with van der Waals surface area (Å²) in [5, 5.41) is 0. The molecule has 8 heteroatoms. The molecule has 1 saturated heterocycles. The third kappa shape index (κ3) is 4.77. The minimum Gasteiger partial charge on any atom is -0.468 e. The van der Waals surface area contributed by atoms with Crippen LogP contribution in [0.3, 0.4) is 0 Å². The highest BCUT2D eigenvalue weighted by molar-refractivity contribution is 6.06. The predicted molar refractivity (Wildman–Crippen MR) is 138 cm³/mol. The molecule has 196 valence electrons. The van der Waals surface area contributed by atoms with Gasteiger partial charge in [-0.1, -0.05) is 91.0 Å². The lowest BCUT2D eigenvalue weighted by Gasteiger charge is -2.56. The van der Waals surface area contributed by atoms with Crippen LogP contribution in [0.2, 0.25) is 0 Å². The molecule has 0 aliphatic carbocycles. The highest BCUT2D eigenvalue weighted by atomic mass is 16.6. The van der Waals surface area contributed by atoms with Crippen LogP contribution in [0.5, 0.6) is 0 Å². The zero-order valence-electron chi connectivity index (χ0n) is 21.4. The summed E-state index contributed by atoms with van der Waals surface area (Å²) in [6, 6.07) is 24.7. The smallest absolute Gasteiger partial charge is 0.328 e. The highest BCUT2D eigenvalue weighted by Gasteiger charge is 2.66. The van der Waals surface area contributed by atoms with Crippen molar-refractivity contribution >= 4 is 23.8 Å². The number of β-lactam (4-membered cyclic amide) rings is 1. The maximum Gasteiger partial charge on any atom is 0.328 e. The van der Waals surface area contributed by atoms with Gasteiger partial charge in [-0.3, -0.25) is 14.4 Å². The number of esters is 3. The molecule has 0 N–H and O–H groups in total. The predicted octanol–water partition coefficient (Wildman–Crippen LogP) is 3.28. The van der Waals surface area contributed by atoms with Crippen LogP contribution in [-0.2, 0) is 45.4 Å². The number of hydrogen-bond acceptors (Lipinski definition) is 7. The van der Waals surface area contributed by atoms with Gasteiger partial charge in [0, 0.05) is 24.5 Å². The van der Waals surface area contributed by atoms with Gasteiger partial charge < -0.3 is 19.1 Å². The second-order valence-electron chi connectivity index (χ2n) is 8.98. The van der Waals surface area contributed by atoms with Gasteiger partial charge in [-0.05, 0) is 5.56 Å². The summed E-state index contributed by atoms with van der Waals surface area (Å²) in [6.07, 6.45) is 0.128. The summed E-state index contributed by atoms with van der Waals surface area (Å²) in [5.74, 6) is -4.02. The van der Waals surface area contributed by atoms with E-state index in [0.29, 0.717) is 11.1 Å². The first-order chi connectivity index (χ1) is 18.3. The molecule has 8 nitrogen and oxygen atoms in total. The fourth-order valence-corrected chi connectivity index (χ4v) is 5.20. The van der Waals surface area contributed by atoms with Gasteiger partial charge in [-0.2, -0.15) is 0 Å². The second-order valence-corrected chi connectivity index (χ2v) is 8.98. The van der Waals surface area contributed by atoms with Gasteiger partial charge >= 0.3 is 17.9 Å². The molecule has 0 unspecified atom stereocenters. The quantitative estimate of drug-likeness (QED) is 0.187. The monoisotopic (exact) mass is 515 g/mol. The summed E-state index contributed by atoms with van der Waals surface area (Å²) >= 11 is 0. The van der Waals surface area contributed by atoms with E-state index < -0.39 is 47.4 Å². The molecule has 0 aromatic heterocycles. The molecule has 1 aliphatic rings. The van der Waals surface area contributed by atoms with Crippen LogP contribution in [0, 0.1) is 5.92 Å². The van der Waals surface area contributed by atoms with E-state index >= 15 is 0 Å². The molecule has 0 saturated carbocycles. The number of likely N-dealkylation sites (tertiary alicyclic amines) is 1. The molecule has 0 bridgehead atoms. The van der Waals surface area contributed by atoms with Crippen LogP contribution in [0.1, 0.15) is 23.6 Å². The maximum atomic E-state index is 13.7. The molecule has 1 amide bonds. The van der Waals surface area contributed by atoms with Gasteiger partial charge in [-0.25, -0.2) is 4.79 Å². The molecule has 3 aromatic rings. The SMILES string of the molecule is COC(=O)[C@H]1C(=O)N([C@@H](Cc2ccccc2)C(=O)OC)[C@@H]1C(OC(C)=O)(c1ccccc1)c1ccccc1. The zero-order valence-corrected chi connectivity index (χ0v) is 21.4. The van der Waals surface area contributed by atoms with E-state index in [2.05, 4.69) is 0 Å². The van der Waals surface area contributed by atoms with Crippen molar-refractivity contribution in [3.8, 4) is 0 Å². The number of ether oxygens (including phenoxy) is 3. The van der Waals surface area contributed by atoms with Crippen molar-refractivity contribution in [2.75, 3.05) is 14.2 Å². The largest absolute Gasteiger partial charge is 0.468 e. The molecular weight excluding hydrogens is 486 g/mol. The van der Waals surface area contributed by atoms with Gasteiger partial charge in [0.05, 0.1) is 14.2 Å². The van der Waals surface area contributed by atoms with Crippen LogP contribution in [0.25, 0.3) is 0 Å². The Bertz CT molecular complexity index is 1250. The number of benzene rings is 3. The minimum absolute atomic E-state index is 0.128. The fraction of sp³-hybridized carbons (Fsp3) is 0.267. The first-order valence-electron chi connectivity index (χ1n) is 12.2. The van der Waals surface area contributed by atoms with Gasteiger partial charge in [0.25, 0.3) is 0 Å². The number of nitrogens with zero attached hydrogens (tertiary/aromatic N) is 1. The van der Waals surface area contributed by atoms with Gasteiger partial charge in [0.2, 0.25) is 5.91 Å². The summed E-state index contributed by atoms with van der Waals surface area (Å²) in [7, 11) is 2.43. The molecule has 3 atom stereocenters. The normalized spacial score (nSPS) is 17.7. The number of rotatable bonds is 9. The van der Waals surface area contributed by atoms with Crippen molar-refractivity contribution in [1.82, 2.24) is 4.90 Å². The van der Waals surface area contributed by atoms with E-state index in [4.69, 9.17) is 14.2 Å². The van der Waals surface area contributed by atoms with Crippen molar-refractivity contribution in [2.45, 2.75) is 31.0 Å². The highest BCUT2D eigenvalue weighted by Crippen LogP contribution is 2.49. The van der Waals surface area contributed by atoms with E-state index in [9.17, 15) is 19.2 Å². The standard InChI is InChI=1S/C30H29NO7/c1-20(32)38-30(22-15-9-5-10-16-22,23-17-11-6-12-18-23)26-25(29(35)37-3)27(33)31(26)24(28(34)36-2)19-21-13-7-4-8-14-21/h4-18,24-26H,19H2,1-3H3/t24-,25+,26-/m0/s1. The number of amides is 1. The lowest BCUT2D eigenvalue weighted by molar-refractivity contribution is -0.203. The first-order valence-corrected chi connectivity index (χ1v) is 12.2. The lowest BCUT2D eigenvalue weighted by Crippen LogP contribution is -2.75. The van der Waals surface area contributed by atoms with Crippen LogP contribution >= 0.6 is 0 Å². The number of carbonyl (C=O) groups is 4. The van der Waals surface area contributed by atoms with Crippen LogP contribution in [0.4, 0.5) is 0 Å². The summed E-state index contributed by atoms with van der Waals surface area (Å²) < 4.78 is 16.3. The van der Waals surface area contributed by atoms with Crippen molar-refractivity contribution < 1.29 is 33.4 Å². The van der Waals surface area contributed by atoms with E-state index in [1.54, 1.807) is 60.7 Å². The fourth-order valence-electron chi connectivity index (χ4n) is 5.20. The third-order valence-corrected chi connectivity index (χ3v) is 6.80. The van der Waals surface area contributed by atoms with Gasteiger partial charge in [-0.15, -0.1) is 0 Å². The Morgan fingerprint density at radius 2 is 1.32 bits per heavy atom. The van der Waals surface area contributed by atoms with Gasteiger partial charge in [0.1, 0.15) is 12.1 Å². The van der Waals surface area contributed by atoms with E-state index in [-0.39, 0.29) is 6.42 Å². The summed E-state index contributed by atoms with van der Waals surface area (Å²) in [6.45, 7) is 1.26. The maximum absolute atomic E-state index is 13.7. The molecule has 1 aliphatic heterocycles. The Morgan fingerprint density at radius 1 is 0.816 bits per heavy atom. The molecule has 4 rings (SSSR count). The Balaban J connectivity index is 1.98. The molecule has 0 radical (unpaired) electrons. The number of methoxy groups -OCH3 is 2. The van der Waals surface area contributed by atoms with E-state index in [1.807, 2.05) is 30.3 Å². The average Bonchev–Trinajstić information content (AvgIpc) is 2.95. The molecular formula is C30H29NO7. The van der Waals surface area contributed by atoms with Crippen LogP contribution < -0.4 is 0 Å². The molecule has 1 fully saturated rings. The molecule has 38 heavy (non-hydrogen) atoms. The Labute approximate surface area is 221 Å². The lowest BCUT2D eigenvalue weighted by atomic mass is 9.68. The van der Waals surface area contributed by atoms with E-state index in [0.717, 1.165) is 5.56 Å². The van der Waals surface area contributed by atoms with Crippen molar-refractivity contribution in [3.63, 3.8) is 0 Å². The molecule has 1 heterocycles. The van der Waals surface area contributed by atoms with Gasteiger partial charge in [0.15, 0.2) is 11.5 Å². The zero-order chi connectivity index (χ0) is 27.3. The molecule has 3 aromatic carbocycles. The first kappa shape index (κ1) is 26.6. The minimum atomic E-state index is -1.63. The summed E-state index contributed by atoms with van der Waals surface area (Å²) in [5.41, 5.74) is 0.208. The average molecular weight is 516 g/mol. The van der Waals surface area contributed by atoms with Crippen molar-refractivity contribution in [1.29, 1.82) is 0 Å². The van der Waals surface area contributed by atoms with Crippen LogP contribution in [0.15, 0.2) is 91.0 Å². The number of hydrogen-bond donors (Lipinski definition) is 0.